The maximum absolute atomic E-state index is 12.4. The summed E-state index contributed by atoms with van der Waals surface area (Å²) in [5.41, 5.74) is 0. The number of nitrogens with one attached hydrogen (secondary N) is 1. The van der Waals surface area contributed by atoms with E-state index in [-0.39, 0.29) is 11.9 Å². The second-order valence-electron chi connectivity index (χ2n) is 4.64. The largest absolute Gasteiger partial charge is 0.372 e. The molecule has 0 bridgehead atoms. The number of carbonyl (C=O) groups is 1. The summed E-state index contributed by atoms with van der Waals surface area (Å²) in [5.74, 6) is 3.46. The molecule has 104 valence electrons. The second-order valence-corrected chi connectivity index (χ2v) is 6.85. The van der Waals surface area contributed by atoms with Gasteiger partial charge >= 0.3 is 0 Å². The molecule has 0 saturated carbocycles. The average molecular weight is 290 g/mol. The summed E-state index contributed by atoms with van der Waals surface area (Å²) >= 11 is 3.73. The fraction of sp³-hybridized carbons (Fsp3) is 0.917. The van der Waals surface area contributed by atoms with E-state index in [4.69, 9.17) is 4.74 Å². The van der Waals surface area contributed by atoms with Crippen molar-refractivity contribution < 1.29 is 9.53 Å². The van der Waals surface area contributed by atoms with Gasteiger partial charge in [-0.05, 0) is 18.4 Å². The summed E-state index contributed by atoms with van der Waals surface area (Å²) in [6.45, 7) is 3.46. The molecule has 0 aromatic carbocycles. The topological polar surface area (TPSA) is 44.9 Å². The minimum absolute atomic E-state index is 0.0234. The Labute approximate surface area is 118 Å². The first-order valence-corrected chi connectivity index (χ1v) is 9.06. The molecule has 0 aromatic heterocycles. The molecule has 2 rings (SSSR count). The van der Waals surface area contributed by atoms with Crippen molar-refractivity contribution in [3.8, 4) is 0 Å². The number of ether oxygens (including phenoxy) is 1. The summed E-state index contributed by atoms with van der Waals surface area (Å²) in [6.07, 6.45) is 3.34. The Hall–Kier alpha value is 0.0900. The lowest BCUT2D eigenvalue weighted by Crippen LogP contribution is -2.50. The predicted octanol–water partition coefficient (Wildman–Crippen LogP) is 0.672. The van der Waals surface area contributed by atoms with Crippen LogP contribution in [0.1, 0.15) is 6.42 Å². The number of rotatable bonds is 7. The Balaban J connectivity index is 1.81. The summed E-state index contributed by atoms with van der Waals surface area (Å²) in [7, 11) is 0. The molecule has 2 saturated heterocycles. The van der Waals surface area contributed by atoms with Crippen LogP contribution < -0.4 is 5.32 Å². The summed E-state index contributed by atoms with van der Waals surface area (Å²) in [5, 5.41) is 3.38. The van der Waals surface area contributed by atoms with Gasteiger partial charge < -0.3 is 15.0 Å². The fourth-order valence-corrected chi connectivity index (χ4v) is 3.39. The van der Waals surface area contributed by atoms with E-state index in [1.165, 1.54) is 0 Å². The van der Waals surface area contributed by atoms with Crippen molar-refractivity contribution in [2.75, 3.05) is 49.8 Å². The average Bonchev–Trinajstić information content (AvgIpc) is 3.23. The van der Waals surface area contributed by atoms with Gasteiger partial charge in [0.05, 0.1) is 18.8 Å². The Bertz CT molecular complexity index is 269. The number of amides is 1. The molecule has 2 heterocycles. The van der Waals surface area contributed by atoms with Gasteiger partial charge in [-0.25, -0.2) is 0 Å². The van der Waals surface area contributed by atoms with Crippen molar-refractivity contribution in [3.05, 3.63) is 0 Å². The zero-order valence-electron chi connectivity index (χ0n) is 10.9. The number of thioether (sulfide) groups is 2. The quantitative estimate of drug-likeness (QED) is 0.698. The molecule has 6 heteroatoms. The van der Waals surface area contributed by atoms with Crippen molar-refractivity contribution in [2.45, 2.75) is 18.6 Å². The van der Waals surface area contributed by atoms with E-state index in [0.717, 1.165) is 49.9 Å². The van der Waals surface area contributed by atoms with Gasteiger partial charge in [-0.2, -0.15) is 23.5 Å². The standard InChI is InChI=1S/C12H22N2O2S2/c1-17-5-2-11(13-8-10-9-16-10)12(15)14-3-6-18-7-4-14/h10-11,13H,2-9H2,1H3. The molecule has 0 aromatic rings. The van der Waals surface area contributed by atoms with Gasteiger partial charge in [0.15, 0.2) is 0 Å². The first-order valence-electron chi connectivity index (χ1n) is 6.51. The van der Waals surface area contributed by atoms with E-state index >= 15 is 0 Å². The van der Waals surface area contributed by atoms with Crippen LogP contribution in [-0.2, 0) is 9.53 Å². The van der Waals surface area contributed by atoms with E-state index < -0.39 is 0 Å². The van der Waals surface area contributed by atoms with Gasteiger partial charge in [0.1, 0.15) is 0 Å². The zero-order valence-corrected chi connectivity index (χ0v) is 12.5. The first kappa shape index (κ1) is 14.5. The number of epoxide rings is 1. The Morgan fingerprint density at radius 1 is 1.56 bits per heavy atom. The molecule has 2 fully saturated rings. The maximum Gasteiger partial charge on any atom is 0.239 e. The fourth-order valence-electron chi connectivity index (χ4n) is 2.01. The van der Waals surface area contributed by atoms with E-state index in [0.29, 0.717) is 6.10 Å². The summed E-state index contributed by atoms with van der Waals surface area (Å²) < 4.78 is 5.19. The van der Waals surface area contributed by atoms with Gasteiger partial charge in [-0.15, -0.1) is 0 Å². The van der Waals surface area contributed by atoms with Gasteiger partial charge in [0.2, 0.25) is 5.91 Å². The first-order chi connectivity index (χ1) is 8.81. The van der Waals surface area contributed by atoms with E-state index in [1.807, 2.05) is 16.7 Å². The predicted molar refractivity (Wildman–Crippen MR) is 78.4 cm³/mol. The molecule has 2 aliphatic rings. The SMILES string of the molecule is CSCCC(NCC1CO1)C(=O)N1CCSCC1. The third-order valence-electron chi connectivity index (χ3n) is 3.23. The highest BCUT2D eigenvalue weighted by molar-refractivity contribution is 7.99. The van der Waals surface area contributed by atoms with Crippen LogP contribution >= 0.6 is 23.5 Å². The molecule has 0 aliphatic carbocycles. The zero-order chi connectivity index (χ0) is 12.8. The van der Waals surface area contributed by atoms with Gasteiger partial charge in [0.25, 0.3) is 0 Å². The van der Waals surface area contributed by atoms with Crippen molar-refractivity contribution >= 4 is 29.4 Å². The molecule has 2 unspecified atom stereocenters. The van der Waals surface area contributed by atoms with E-state index in [2.05, 4.69) is 11.6 Å². The molecule has 0 radical (unpaired) electrons. The Morgan fingerprint density at radius 3 is 2.89 bits per heavy atom. The number of nitrogens with zero attached hydrogens (tertiary/aromatic N) is 1. The van der Waals surface area contributed by atoms with Crippen LogP contribution in [0.25, 0.3) is 0 Å². The van der Waals surface area contributed by atoms with Crippen LogP contribution in [0.2, 0.25) is 0 Å². The summed E-state index contributed by atoms with van der Waals surface area (Å²) in [6, 6.07) is -0.0234. The molecular formula is C12H22N2O2S2. The lowest BCUT2D eigenvalue weighted by Gasteiger charge is -2.30. The van der Waals surface area contributed by atoms with Crippen molar-refractivity contribution in [3.63, 3.8) is 0 Å². The molecular weight excluding hydrogens is 268 g/mol. The maximum atomic E-state index is 12.4. The molecule has 2 aliphatic heterocycles. The van der Waals surface area contributed by atoms with Crippen molar-refractivity contribution in [1.29, 1.82) is 0 Å². The third-order valence-corrected chi connectivity index (χ3v) is 4.81. The van der Waals surface area contributed by atoms with Gasteiger partial charge in [-0.3, -0.25) is 4.79 Å². The normalized spacial score (nSPS) is 24.9. The molecule has 2 atom stereocenters. The highest BCUT2D eigenvalue weighted by Gasteiger charge is 2.28. The minimum atomic E-state index is -0.0234. The molecule has 1 amide bonds. The molecule has 18 heavy (non-hydrogen) atoms. The third kappa shape index (κ3) is 4.64. The summed E-state index contributed by atoms with van der Waals surface area (Å²) in [4.78, 5) is 14.5. The Kier molecular flexibility index (Phi) is 6.14. The molecule has 1 N–H and O–H groups in total. The number of hydrogen-bond acceptors (Lipinski definition) is 5. The van der Waals surface area contributed by atoms with Crippen LogP contribution in [0.5, 0.6) is 0 Å². The number of hydrogen-bond donors (Lipinski definition) is 1. The van der Waals surface area contributed by atoms with E-state index in [1.54, 1.807) is 11.8 Å². The highest BCUT2D eigenvalue weighted by Crippen LogP contribution is 2.13. The Morgan fingerprint density at radius 2 is 2.28 bits per heavy atom. The van der Waals surface area contributed by atoms with Crippen molar-refractivity contribution in [2.24, 2.45) is 0 Å². The number of carbonyl (C=O) groups excluding carboxylic acids is 1. The monoisotopic (exact) mass is 290 g/mol. The smallest absolute Gasteiger partial charge is 0.239 e. The minimum Gasteiger partial charge on any atom is -0.372 e. The van der Waals surface area contributed by atoms with Crippen LogP contribution in [0.3, 0.4) is 0 Å². The highest BCUT2D eigenvalue weighted by atomic mass is 32.2. The van der Waals surface area contributed by atoms with Gasteiger partial charge in [-0.1, -0.05) is 0 Å². The van der Waals surface area contributed by atoms with E-state index in [9.17, 15) is 4.79 Å². The van der Waals surface area contributed by atoms with Crippen molar-refractivity contribution in [1.82, 2.24) is 10.2 Å². The van der Waals surface area contributed by atoms with Crippen LogP contribution in [0, 0.1) is 0 Å². The van der Waals surface area contributed by atoms with Crippen LogP contribution in [-0.4, -0.2) is 72.7 Å². The lowest BCUT2D eigenvalue weighted by atomic mass is 10.2. The molecule has 4 nitrogen and oxygen atoms in total. The lowest BCUT2D eigenvalue weighted by molar-refractivity contribution is -0.133. The van der Waals surface area contributed by atoms with Gasteiger partial charge in [0, 0.05) is 31.1 Å². The second kappa shape index (κ2) is 7.62. The van der Waals surface area contributed by atoms with Crippen LogP contribution in [0.4, 0.5) is 0 Å². The van der Waals surface area contributed by atoms with Crippen LogP contribution in [0.15, 0.2) is 0 Å². The molecule has 0 spiro atoms.